The van der Waals surface area contributed by atoms with Gasteiger partial charge in [-0.05, 0) is 145 Å². The third-order valence-corrected chi connectivity index (χ3v) is 21.6. The number of nitrogens with zero attached hydrogens (tertiary/aromatic N) is 8. The molecule has 0 unspecified atom stereocenters. The number of hydrogen-bond acceptors (Lipinski definition) is 11. The van der Waals surface area contributed by atoms with Crippen LogP contribution in [0.3, 0.4) is 0 Å². The van der Waals surface area contributed by atoms with Gasteiger partial charge in [-0.25, -0.2) is 0 Å². The van der Waals surface area contributed by atoms with E-state index in [1.165, 1.54) is 78.7 Å². The minimum atomic E-state index is -4.35. The van der Waals surface area contributed by atoms with Crippen LogP contribution in [-0.2, 0) is 52.7 Å². The van der Waals surface area contributed by atoms with E-state index in [2.05, 4.69) is 16.0 Å². The molecule has 0 aromatic heterocycles. The van der Waals surface area contributed by atoms with Gasteiger partial charge in [0, 0.05) is 73.7 Å². The molecule has 0 bridgehead atoms. The fourth-order valence-corrected chi connectivity index (χ4v) is 15.1. The monoisotopic (exact) mass is 1370 g/mol. The highest BCUT2D eigenvalue weighted by atomic mass is 35.5. The van der Waals surface area contributed by atoms with E-state index >= 15 is 14.4 Å². The van der Waals surface area contributed by atoms with E-state index in [-0.39, 0.29) is 99.8 Å². The summed E-state index contributed by atoms with van der Waals surface area (Å²) < 4.78 is 41.6. The zero-order valence-electron chi connectivity index (χ0n) is 59.4. The van der Waals surface area contributed by atoms with Gasteiger partial charge >= 0.3 is 6.18 Å². The molecule has 5 aliphatic rings. The summed E-state index contributed by atoms with van der Waals surface area (Å²) in [5.41, 5.74) is 0. The molecular weight excluding hydrogens is 1250 g/mol. The highest BCUT2D eigenvalue weighted by molar-refractivity contribution is 6.20. The number of hydrogen-bond donors (Lipinski definition) is 3. The molecule has 0 aromatic carbocycles. The molecule has 0 radical (unpaired) electrons. The lowest BCUT2D eigenvalue weighted by Crippen LogP contribution is -2.61. The Morgan fingerprint density at radius 2 is 1.05 bits per heavy atom. The third kappa shape index (κ3) is 22.6. The van der Waals surface area contributed by atoms with Gasteiger partial charge in [-0.2, -0.15) is 13.2 Å². The molecule has 2 heterocycles. The number of piperidine rings is 1. The summed E-state index contributed by atoms with van der Waals surface area (Å²) in [4.78, 5) is 172. The Kier molecular flexibility index (Phi) is 30.9. The van der Waals surface area contributed by atoms with Crippen molar-refractivity contribution >= 4 is 76.6 Å². The number of halogens is 4. The first kappa shape index (κ1) is 79.9. The second-order valence-corrected chi connectivity index (χ2v) is 30.1. The second-order valence-electron chi connectivity index (χ2n) is 29.5. The van der Waals surface area contributed by atoms with E-state index < -0.39 is 157 Å². The molecule has 9 atom stereocenters. The van der Waals surface area contributed by atoms with Crippen molar-refractivity contribution in [2.75, 3.05) is 75.5 Å². The minimum absolute atomic E-state index is 0.0154. The molecule has 0 aromatic rings. The number of nitrogens with one attached hydrogen (secondary N) is 3. The van der Waals surface area contributed by atoms with Crippen LogP contribution in [0.5, 0.6) is 0 Å². The van der Waals surface area contributed by atoms with Crippen molar-refractivity contribution in [1.82, 2.24) is 55.1 Å². The van der Waals surface area contributed by atoms with Crippen molar-refractivity contribution in [3.8, 4) is 0 Å². The lowest BCUT2D eigenvalue weighted by atomic mass is 9.79. The van der Waals surface area contributed by atoms with E-state index in [1.807, 2.05) is 20.8 Å². The molecule has 11 amide bonds. The summed E-state index contributed by atoms with van der Waals surface area (Å²) in [6.07, 6.45) is 5.74. The lowest BCUT2D eigenvalue weighted by molar-refractivity contribution is -0.184. The van der Waals surface area contributed by atoms with Crippen LogP contribution in [0.15, 0.2) is 0 Å². The van der Waals surface area contributed by atoms with Gasteiger partial charge in [0.15, 0.2) is 0 Å². The number of carbonyl (C=O) groups excluding carboxylic acids is 11. The number of amides is 11. The molecule has 2 aliphatic heterocycles. The van der Waals surface area contributed by atoms with Gasteiger partial charge in [0.2, 0.25) is 65.0 Å². The molecule has 3 N–H and O–H groups in total. The predicted octanol–water partition coefficient (Wildman–Crippen LogP) is 6.98. The Balaban J connectivity index is 1.58. The van der Waals surface area contributed by atoms with E-state index in [0.29, 0.717) is 51.4 Å². The molecule has 26 heteroatoms. The van der Waals surface area contributed by atoms with Crippen LogP contribution < -0.4 is 16.0 Å². The number of fused-ring (bicyclic) bond motifs is 1. The largest absolute Gasteiger partial charge is 0.391 e. The Bertz CT molecular complexity index is 2630. The van der Waals surface area contributed by atoms with Gasteiger partial charge in [0.25, 0.3) is 0 Å². The summed E-state index contributed by atoms with van der Waals surface area (Å²) in [6, 6.07) is -8.68. The van der Waals surface area contributed by atoms with Gasteiger partial charge in [0.05, 0.1) is 25.6 Å². The summed E-state index contributed by atoms with van der Waals surface area (Å²) in [7, 11) is 10.2. The first-order valence-corrected chi connectivity index (χ1v) is 35.7. The van der Waals surface area contributed by atoms with Crippen molar-refractivity contribution in [3.63, 3.8) is 0 Å². The Morgan fingerprint density at radius 1 is 0.516 bits per heavy atom. The minimum Gasteiger partial charge on any atom is -0.351 e. The zero-order chi connectivity index (χ0) is 70.9. The summed E-state index contributed by atoms with van der Waals surface area (Å²) in [5, 5.41) is 8.66. The van der Waals surface area contributed by atoms with Crippen LogP contribution in [0.4, 0.5) is 13.2 Å². The van der Waals surface area contributed by atoms with Gasteiger partial charge in [-0.1, -0.05) is 80.1 Å². The van der Waals surface area contributed by atoms with Gasteiger partial charge < -0.3 is 55.1 Å². The summed E-state index contributed by atoms with van der Waals surface area (Å²) >= 11 is 6.51. The fraction of sp³-hybridized carbons (Fsp3) is 0.841. The quantitative estimate of drug-likeness (QED) is 0.168. The molecule has 2 saturated heterocycles. The second kappa shape index (κ2) is 36.7. The van der Waals surface area contributed by atoms with E-state index in [1.54, 1.807) is 27.7 Å². The molecule has 540 valence electrons. The molecule has 5 fully saturated rings. The van der Waals surface area contributed by atoms with Crippen LogP contribution in [0, 0.1) is 41.4 Å². The van der Waals surface area contributed by atoms with Gasteiger partial charge in [0.1, 0.15) is 42.3 Å². The average molecular weight is 1370 g/mol. The van der Waals surface area contributed by atoms with Crippen molar-refractivity contribution in [3.05, 3.63) is 0 Å². The molecule has 95 heavy (non-hydrogen) atoms. The van der Waals surface area contributed by atoms with Crippen molar-refractivity contribution < 1.29 is 65.9 Å². The topological polar surface area (TPSA) is 250 Å². The molecule has 5 rings (SSSR count). The van der Waals surface area contributed by atoms with Crippen LogP contribution in [0.2, 0.25) is 0 Å². The van der Waals surface area contributed by atoms with Crippen LogP contribution >= 0.6 is 11.6 Å². The fourth-order valence-electron chi connectivity index (χ4n) is 14.9. The van der Waals surface area contributed by atoms with E-state index in [9.17, 15) is 51.5 Å². The lowest BCUT2D eigenvalue weighted by Gasteiger charge is -2.40. The molecular formula is C69H115ClF3N11O11. The van der Waals surface area contributed by atoms with Crippen LogP contribution in [0.1, 0.15) is 196 Å². The average Bonchev–Trinajstić information content (AvgIpc) is 0.823. The zero-order valence-corrected chi connectivity index (χ0v) is 60.2. The van der Waals surface area contributed by atoms with Gasteiger partial charge in [-0.3, -0.25) is 52.7 Å². The number of carbonyl (C=O) groups is 11. The number of alkyl halides is 4. The van der Waals surface area contributed by atoms with Gasteiger partial charge in [-0.15, -0.1) is 11.6 Å². The van der Waals surface area contributed by atoms with Crippen molar-refractivity contribution in [1.29, 1.82) is 0 Å². The molecule has 3 aliphatic carbocycles. The van der Waals surface area contributed by atoms with Crippen molar-refractivity contribution in [2.24, 2.45) is 41.4 Å². The van der Waals surface area contributed by atoms with Crippen molar-refractivity contribution in [2.45, 2.75) is 256 Å². The Morgan fingerprint density at radius 3 is 1.63 bits per heavy atom. The van der Waals surface area contributed by atoms with E-state index in [0.717, 1.165) is 41.9 Å². The number of rotatable bonds is 12. The highest BCUT2D eigenvalue weighted by Gasteiger charge is 2.45. The maximum atomic E-state index is 15.5. The Labute approximate surface area is 568 Å². The SMILES string of the molecule is CC[C@H](C)[C@@H]1NC(=O)[C@@H]2CCCCN2C(=O)C[C@@H](C)NC(=O)[C@H](C(C)C)N(C)C(=O)[C@H](CC2CCCCC2)N(C)C(=O)[C@H](CC(C)C)N(C)C(=O)[C@H](CCC2CCC(C(F)(F)F)CC2)NC(=O)CN(C)C(=O)[C@H](CC2CCC(Cl)CC2)N(C)C(=O)CN(C)C(=O)CN(C)C1=O. The normalized spacial score (nSPS) is 30.4. The number of likely N-dealkylation sites (N-methyl/N-ethyl adjacent to an activating group) is 7. The smallest absolute Gasteiger partial charge is 0.351 e. The standard InChI is InChI=1S/C69H115ClF3N11O11/c1-15-44(6)60-68(95)79(10)40-58(87)77(8)41-59(88)80(11)54(38-48-26-31-50(70)32-27-48)65(92)78(9)39-56(85)75-51(33-28-46-24-29-49(30-25-46)69(71,72)73)64(91)81(12)53(35-42(2)3)66(93)82(13)55(37-47-21-17-16-18-22-47)67(94)83(14)61(43(4)5)63(90)74-45(7)36-57(86)84-34-20-19-23-52(84)62(89)76-60/h42-55,60-61H,15-41H2,1-14H3,(H,74,90)(H,75,85)(H,76,89)/t44-,45+,46?,48?,49?,50?,51-,52-,53-,54-,55-,60-,61-/m0/s1. The highest BCUT2D eigenvalue weighted by Crippen LogP contribution is 2.41. The first-order valence-electron chi connectivity index (χ1n) is 35.3. The third-order valence-electron chi connectivity index (χ3n) is 21.2. The van der Waals surface area contributed by atoms with E-state index in [4.69, 9.17) is 11.6 Å². The predicted molar refractivity (Wildman–Crippen MR) is 356 cm³/mol. The Hall–Kier alpha value is -5.75. The first-order chi connectivity index (χ1) is 44.6. The maximum absolute atomic E-state index is 15.5. The molecule has 0 spiro atoms. The van der Waals surface area contributed by atoms with Crippen LogP contribution in [0.25, 0.3) is 0 Å². The molecule has 22 nitrogen and oxygen atoms in total. The maximum Gasteiger partial charge on any atom is 0.391 e. The summed E-state index contributed by atoms with van der Waals surface area (Å²) in [5.74, 6) is -9.17. The van der Waals surface area contributed by atoms with Crippen LogP contribution in [-0.4, -0.2) is 240 Å². The summed E-state index contributed by atoms with van der Waals surface area (Å²) in [6.45, 7) is 11.3. The molecule has 3 saturated carbocycles.